The van der Waals surface area contributed by atoms with Crippen LogP contribution in [0.5, 0.6) is 0 Å². The normalized spacial score (nSPS) is 19.6. The third-order valence-corrected chi connectivity index (χ3v) is 5.05. The van der Waals surface area contributed by atoms with E-state index in [0.29, 0.717) is 12.2 Å². The Morgan fingerprint density at radius 2 is 2.00 bits per heavy atom. The van der Waals surface area contributed by atoms with Crippen molar-refractivity contribution in [1.82, 2.24) is 10.2 Å². The maximum absolute atomic E-state index is 12.5. The van der Waals surface area contributed by atoms with E-state index in [1.807, 2.05) is 35.7 Å². The second-order valence-corrected chi connectivity index (χ2v) is 7.01. The van der Waals surface area contributed by atoms with Crippen LogP contribution in [0.25, 0.3) is 0 Å². The zero-order valence-electron chi connectivity index (χ0n) is 13.7. The first-order valence-corrected chi connectivity index (χ1v) is 9.12. The summed E-state index contributed by atoms with van der Waals surface area (Å²) >= 11 is 1.65. The first-order chi connectivity index (χ1) is 12.1. The number of nitrogens with zero attached hydrogens (tertiary/aromatic N) is 1. The highest BCUT2D eigenvalue weighted by Crippen LogP contribution is 2.20. The van der Waals surface area contributed by atoms with Crippen LogP contribution in [0, 0.1) is 0 Å². The third-order valence-electron chi connectivity index (χ3n) is 4.12. The molecule has 0 unspecified atom stereocenters. The van der Waals surface area contributed by atoms with Gasteiger partial charge in [-0.15, -0.1) is 11.3 Å². The Balaban J connectivity index is 1.56. The van der Waals surface area contributed by atoms with Crippen molar-refractivity contribution in [3.8, 4) is 0 Å². The lowest BCUT2D eigenvalue weighted by molar-refractivity contribution is -0.124. The summed E-state index contributed by atoms with van der Waals surface area (Å²) in [6.45, 7) is 0.668. The molecule has 0 bridgehead atoms. The number of aliphatic hydroxyl groups excluding tert-OH is 1. The van der Waals surface area contributed by atoms with Gasteiger partial charge in [0.1, 0.15) is 6.04 Å². The quantitative estimate of drug-likeness (QED) is 0.764. The number of para-hydroxylation sites is 1. The summed E-state index contributed by atoms with van der Waals surface area (Å²) in [5.41, 5.74) is 0.658. The largest absolute Gasteiger partial charge is 0.391 e. The van der Waals surface area contributed by atoms with Crippen molar-refractivity contribution in [2.75, 3.05) is 18.4 Å². The summed E-state index contributed by atoms with van der Waals surface area (Å²) in [5.74, 6) is -0.226. The third kappa shape index (κ3) is 4.58. The molecule has 1 aliphatic heterocycles. The minimum absolute atomic E-state index is 0.154. The van der Waals surface area contributed by atoms with Gasteiger partial charge in [-0.25, -0.2) is 4.79 Å². The van der Waals surface area contributed by atoms with Gasteiger partial charge in [-0.3, -0.25) is 4.79 Å². The molecule has 1 aromatic carbocycles. The molecule has 7 heteroatoms. The standard InChI is InChI=1S/C18H21N3O3S/c22-14-11-16(17(23)19-9-8-15-7-4-10-25-15)21(12-14)18(24)20-13-5-2-1-3-6-13/h1-7,10,14,16,22H,8-9,11-12H2,(H,19,23)(H,20,24)/t14-,16+/m1/s1. The molecule has 3 amide bonds. The Morgan fingerprint density at radius 1 is 1.20 bits per heavy atom. The van der Waals surface area contributed by atoms with E-state index in [0.717, 1.165) is 6.42 Å². The zero-order chi connectivity index (χ0) is 17.6. The van der Waals surface area contributed by atoms with Crippen molar-refractivity contribution in [2.24, 2.45) is 0 Å². The number of β-amino-alcohol motifs (C(OH)–C–C–N with tert-alkyl or cyclic N) is 1. The number of carbonyl (C=O) groups excluding carboxylic acids is 2. The molecule has 2 heterocycles. The van der Waals surface area contributed by atoms with Gasteiger partial charge in [0.15, 0.2) is 0 Å². The molecule has 1 fully saturated rings. The summed E-state index contributed by atoms with van der Waals surface area (Å²) in [6, 6.07) is 12.0. The fraction of sp³-hybridized carbons (Fsp3) is 0.333. The summed E-state index contributed by atoms with van der Waals surface area (Å²) < 4.78 is 0. The van der Waals surface area contributed by atoms with Gasteiger partial charge in [-0.1, -0.05) is 24.3 Å². The van der Waals surface area contributed by atoms with E-state index in [-0.39, 0.29) is 24.9 Å². The summed E-state index contributed by atoms with van der Waals surface area (Å²) in [4.78, 5) is 27.5. The van der Waals surface area contributed by atoms with E-state index < -0.39 is 12.1 Å². The second-order valence-electron chi connectivity index (χ2n) is 5.97. The van der Waals surface area contributed by atoms with E-state index in [1.54, 1.807) is 23.5 Å². The highest BCUT2D eigenvalue weighted by Gasteiger charge is 2.38. The molecule has 6 nitrogen and oxygen atoms in total. The fourth-order valence-corrected chi connectivity index (χ4v) is 3.59. The number of anilines is 1. The molecule has 3 N–H and O–H groups in total. The Morgan fingerprint density at radius 3 is 2.72 bits per heavy atom. The maximum atomic E-state index is 12.5. The van der Waals surface area contributed by atoms with Crippen molar-refractivity contribution in [3.05, 3.63) is 52.7 Å². The van der Waals surface area contributed by atoms with E-state index in [4.69, 9.17) is 0 Å². The number of rotatable bonds is 5. The number of hydrogen-bond acceptors (Lipinski definition) is 4. The number of aliphatic hydroxyl groups is 1. The van der Waals surface area contributed by atoms with Crippen LogP contribution >= 0.6 is 11.3 Å². The van der Waals surface area contributed by atoms with Crippen LogP contribution in [-0.4, -0.2) is 47.2 Å². The molecule has 1 aliphatic rings. The van der Waals surface area contributed by atoms with Crippen molar-refractivity contribution in [3.63, 3.8) is 0 Å². The van der Waals surface area contributed by atoms with Crippen LogP contribution in [0.1, 0.15) is 11.3 Å². The zero-order valence-corrected chi connectivity index (χ0v) is 14.5. The monoisotopic (exact) mass is 359 g/mol. The number of benzene rings is 1. The lowest BCUT2D eigenvalue weighted by Gasteiger charge is -2.24. The molecule has 3 rings (SSSR count). The van der Waals surface area contributed by atoms with Crippen LogP contribution in [-0.2, 0) is 11.2 Å². The Labute approximate surface area is 150 Å². The van der Waals surface area contributed by atoms with Crippen molar-refractivity contribution >= 4 is 29.0 Å². The number of urea groups is 1. The van der Waals surface area contributed by atoms with Gasteiger partial charge in [0.25, 0.3) is 0 Å². The highest BCUT2D eigenvalue weighted by atomic mass is 32.1. The van der Waals surface area contributed by atoms with Crippen molar-refractivity contribution in [1.29, 1.82) is 0 Å². The average Bonchev–Trinajstić information content (AvgIpc) is 3.25. The van der Waals surface area contributed by atoms with Crippen molar-refractivity contribution in [2.45, 2.75) is 25.0 Å². The lowest BCUT2D eigenvalue weighted by atomic mass is 10.2. The average molecular weight is 359 g/mol. The second kappa shape index (κ2) is 8.13. The molecule has 0 spiro atoms. The molecule has 1 aromatic heterocycles. The minimum atomic E-state index is -0.686. The number of carbonyl (C=O) groups is 2. The molecular formula is C18H21N3O3S. The first-order valence-electron chi connectivity index (χ1n) is 8.24. The van der Waals surface area contributed by atoms with Crippen LogP contribution < -0.4 is 10.6 Å². The molecule has 2 atom stereocenters. The van der Waals surface area contributed by atoms with Gasteiger partial charge in [-0.2, -0.15) is 0 Å². The number of nitrogens with one attached hydrogen (secondary N) is 2. The molecule has 1 saturated heterocycles. The van der Waals surface area contributed by atoms with Gasteiger partial charge in [0, 0.05) is 30.1 Å². The van der Waals surface area contributed by atoms with E-state index in [9.17, 15) is 14.7 Å². The molecular weight excluding hydrogens is 338 g/mol. The summed E-state index contributed by atoms with van der Waals surface area (Å²) in [5, 5.41) is 17.5. The molecule has 0 saturated carbocycles. The Kier molecular flexibility index (Phi) is 5.67. The van der Waals surface area contributed by atoms with Gasteiger partial charge in [0.2, 0.25) is 5.91 Å². The molecule has 132 valence electrons. The summed E-state index contributed by atoms with van der Waals surface area (Å²) in [6.07, 6.45) is 0.330. The molecule has 2 aromatic rings. The van der Waals surface area contributed by atoms with E-state index in [1.165, 1.54) is 9.78 Å². The van der Waals surface area contributed by atoms with Crippen LogP contribution in [0.2, 0.25) is 0 Å². The van der Waals surface area contributed by atoms with E-state index in [2.05, 4.69) is 10.6 Å². The lowest BCUT2D eigenvalue weighted by Crippen LogP contribution is -2.47. The summed E-state index contributed by atoms with van der Waals surface area (Å²) in [7, 11) is 0. The molecule has 25 heavy (non-hydrogen) atoms. The van der Waals surface area contributed by atoms with E-state index >= 15 is 0 Å². The Hall–Kier alpha value is -2.38. The van der Waals surface area contributed by atoms with Gasteiger partial charge in [-0.05, 0) is 30.0 Å². The minimum Gasteiger partial charge on any atom is -0.391 e. The number of thiophene rings is 1. The van der Waals surface area contributed by atoms with Crippen molar-refractivity contribution < 1.29 is 14.7 Å². The van der Waals surface area contributed by atoms with Crippen LogP contribution in [0.3, 0.4) is 0 Å². The highest BCUT2D eigenvalue weighted by molar-refractivity contribution is 7.09. The predicted octanol–water partition coefficient (Wildman–Crippen LogP) is 2.07. The van der Waals surface area contributed by atoms with Gasteiger partial charge >= 0.3 is 6.03 Å². The SMILES string of the molecule is O=C(NCCc1cccs1)[C@@H]1C[C@@H](O)CN1C(=O)Nc1ccccc1. The number of amides is 3. The predicted molar refractivity (Wildman–Crippen MR) is 97.6 cm³/mol. The van der Waals surface area contributed by atoms with Gasteiger partial charge < -0.3 is 20.6 Å². The topological polar surface area (TPSA) is 81.7 Å². The molecule has 0 aliphatic carbocycles. The Bertz CT molecular complexity index is 706. The fourth-order valence-electron chi connectivity index (χ4n) is 2.89. The van der Waals surface area contributed by atoms with Crippen LogP contribution in [0.15, 0.2) is 47.8 Å². The number of likely N-dealkylation sites (tertiary alicyclic amines) is 1. The number of hydrogen-bond donors (Lipinski definition) is 3. The first kappa shape index (κ1) is 17.4. The maximum Gasteiger partial charge on any atom is 0.322 e. The smallest absolute Gasteiger partial charge is 0.322 e. The van der Waals surface area contributed by atoms with Crippen LogP contribution in [0.4, 0.5) is 10.5 Å². The molecule has 0 radical (unpaired) electrons. The van der Waals surface area contributed by atoms with Gasteiger partial charge in [0.05, 0.1) is 6.10 Å².